The summed E-state index contributed by atoms with van der Waals surface area (Å²) in [6.45, 7) is 3.03. The first kappa shape index (κ1) is 31.6. The summed E-state index contributed by atoms with van der Waals surface area (Å²) in [7, 11) is 0. The second-order valence-corrected chi connectivity index (χ2v) is 12.7. The Morgan fingerprint density at radius 1 is 1.06 bits per heavy atom. The third-order valence-electron chi connectivity index (χ3n) is 9.19. The second-order valence-electron chi connectivity index (χ2n) is 12.7. The van der Waals surface area contributed by atoms with Crippen LogP contribution in [0.4, 0.5) is 20.3 Å². The number of likely N-dealkylation sites (tertiary alicyclic amines) is 1. The topological polar surface area (TPSA) is 147 Å². The minimum Gasteiger partial charge on any atom is -0.444 e. The van der Waals surface area contributed by atoms with Crippen LogP contribution in [0.5, 0.6) is 0 Å². The van der Waals surface area contributed by atoms with Crippen LogP contribution >= 0.6 is 0 Å². The van der Waals surface area contributed by atoms with E-state index in [1.54, 1.807) is 18.3 Å². The number of nitrogens with zero attached hydrogens (tertiary/aromatic N) is 5. The molecule has 1 unspecified atom stereocenters. The molecule has 3 aliphatic rings. The van der Waals surface area contributed by atoms with Crippen LogP contribution in [0.25, 0.3) is 11.5 Å². The Morgan fingerprint density at radius 2 is 1.85 bits per heavy atom. The van der Waals surface area contributed by atoms with Crippen molar-refractivity contribution in [2.45, 2.75) is 63.5 Å². The van der Waals surface area contributed by atoms with Gasteiger partial charge in [0, 0.05) is 50.6 Å². The molecule has 5 heterocycles. The number of aromatic nitrogens is 4. The van der Waals surface area contributed by atoms with Crippen molar-refractivity contribution in [1.82, 2.24) is 30.0 Å². The fraction of sp³-hybridized carbons (Fsp3) is 0.412. The molecule has 48 heavy (non-hydrogen) atoms. The molecule has 3 aromatic heterocycles. The minimum atomic E-state index is -2.88. The van der Waals surface area contributed by atoms with E-state index < -0.39 is 18.0 Å². The monoisotopic (exact) mass is 658 g/mol. The van der Waals surface area contributed by atoms with Crippen molar-refractivity contribution in [1.29, 1.82) is 0 Å². The molecular formula is C34H36F2N8O4. The number of amides is 3. The van der Waals surface area contributed by atoms with Crippen molar-refractivity contribution in [3.63, 3.8) is 0 Å². The van der Waals surface area contributed by atoms with Gasteiger partial charge in [-0.15, -0.1) is 0 Å². The van der Waals surface area contributed by atoms with Crippen LogP contribution < -0.4 is 16.0 Å². The number of hydrogen-bond acceptors (Lipinski definition) is 9. The van der Waals surface area contributed by atoms with E-state index in [0.717, 1.165) is 30.8 Å². The van der Waals surface area contributed by atoms with Crippen molar-refractivity contribution in [3.05, 3.63) is 77.6 Å². The van der Waals surface area contributed by atoms with Crippen molar-refractivity contribution >= 4 is 29.2 Å². The first-order chi connectivity index (χ1) is 23.3. The molecule has 0 bridgehead atoms. The number of anilines is 2. The second kappa shape index (κ2) is 13.6. The number of alkyl halides is 2. The first-order valence-electron chi connectivity index (χ1n) is 16.3. The average Bonchev–Trinajstić information content (AvgIpc) is 3.60. The van der Waals surface area contributed by atoms with Gasteiger partial charge < -0.3 is 15.1 Å². The zero-order valence-corrected chi connectivity index (χ0v) is 26.2. The van der Waals surface area contributed by atoms with Gasteiger partial charge in [-0.3, -0.25) is 29.3 Å². The molecule has 3 amide bonds. The van der Waals surface area contributed by atoms with E-state index in [0.29, 0.717) is 49.5 Å². The van der Waals surface area contributed by atoms with Gasteiger partial charge in [0.15, 0.2) is 11.4 Å². The number of nitrogens with one attached hydrogen (secondary N) is 3. The van der Waals surface area contributed by atoms with Crippen molar-refractivity contribution in [2.75, 3.05) is 30.3 Å². The predicted octanol–water partition coefficient (Wildman–Crippen LogP) is 5.30. The lowest BCUT2D eigenvalue weighted by Gasteiger charge is -2.32. The van der Waals surface area contributed by atoms with E-state index in [-0.39, 0.29) is 41.0 Å². The van der Waals surface area contributed by atoms with Crippen molar-refractivity contribution < 1.29 is 27.6 Å². The van der Waals surface area contributed by atoms with Gasteiger partial charge >= 0.3 is 0 Å². The molecule has 250 valence electrons. The van der Waals surface area contributed by atoms with Gasteiger partial charge in [0.05, 0.1) is 17.6 Å². The largest absolute Gasteiger partial charge is 0.444 e. The molecule has 2 aliphatic heterocycles. The van der Waals surface area contributed by atoms with Crippen LogP contribution in [-0.2, 0) is 16.1 Å². The maximum absolute atomic E-state index is 14.0. The highest BCUT2D eigenvalue weighted by molar-refractivity contribution is 6.03. The van der Waals surface area contributed by atoms with Crippen molar-refractivity contribution in [3.8, 4) is 11.5 Å². The van der Waals surface area contributed by atoms with E-state index in [2.05, 4.69) is 35.9 Å². The molecule has 1 aromatic carbocycles. The summed E-state index contributed by atoms with van der Waals surface area (Å²) in [4.78, 5) is 47.6. The summed E-state index contributed by atoms with van der Waals surface area (Å²) >= 11 is 0. The molecule has 14 heteroatoms. The highest BCUT2D eigenvalue weighted by Gasteiger charge is 2.29. The minimum absolute atomic E-state index is 0.0410. The van der Waals surface area contributed by atoms with Gasteiger partial charge in [-0.1, -0.05) is 24.3 Å². The molecule has 1 saturated carbocycles. The van der Waals surface area contributed by atoms with Crippen LogP contribution in [0.15, 0.2) is 59.5 Å². The molecule has 4 aromatic rings. The summed E-state index contributed by atoms with van der Waals surface area (Å²) in [5.74, 6) is 0.102. The lowest BCUT2D eigenvalue weighted by atomic mass is 9.90. The smallest absolute Gasteiger partial charge is 0.284 e. The van der Waals surface area contributed by atoms with Crippen molar-refractivity contribution in [2.24, 2.45) is 5.92 Å². The van der Waals surface area contributed by atoms with Gasteiger partial charge in [0.2, 0.25) is 17.7 Å². The standard InChI is InChI=1S/C34H36F2N8O4/c35-31(36)30-26(39-33(47)27-19-48-34(40-27)23-9-12-37-28(15-23)38-16-20-1-2-20)18-44(42-30)24-10-13-43(14-11-24)17-21-3-5-22(6-4-21)25-7-8-29(45)41-32(25)46/h3-6,9,12,15,18-20,24-25,31H,1-2,7-8,10-11,13-14,16-17H2,(H,37,38)(H,39,47)(H,41,45,46). The Kier molecular flexibility index (Phi) is 8.98. The number of benzene rings is 1. The lowest BCUT2D eigenvalue weighted by molar-refractivity contribution is -0.134. The Balaban J connectivity index is 0.946. The summed E-state index contributed by atoms with van der Waals surface area (Å²) in [6.07, 6.45) is 6.09. The Bertz CT molecular complexity index is 1790. The molecule has 3 fully saturated rings. The van der Waals surface area contributed by atoms with Crippen LogP contribution in [0.3, 0.4) is 0 Å². The number of oxazole rings is 1. The average molecular weight is 659 g/mol. The third kappa shape index (κ3) is 7.28. The molecular weight excluding hydrogens is 622 g/mol. The van der Waals surface area contributed by atoms with Gasteiger partial charge in [0.25, 0.3) is 12.3 Å². The predicted molar refractivity (Wildman–Crippen MR) is 171 cm³/mol. The third-order valence-corrected chi connectivity index (χ3v) is 9.19. The molecule has 3 N–H and O–H groups in total. The number of rotatable bonds is 11. The van der Waals surface area contributed by atoms with E-state index in [1.165, 1.54) is 30.0 Å². The number of carbonyl (C=O) groups is 3. The molecule has 12 nitrogen and oxygen atoms in total. The number of pyridine rings is 1. The maximum atomic E-state index is 14.0. The van der Waals surface area contributed by atoms with Gasteiger partial charge in [0.1, 0.15) is 12.1 Å². The van der Waals surface area contributed by atoms with E-state index in [1.807, 2.05) is 24.3 Å². The zero-order chi connectivity index (χ0) is 33.2. The number of imide groups is 1. The Hall–Kier alpha value is -4.98. The fourth-order valence-electron chi connectivity index (χ4n) is 6.25. The normalized spacial score (nSPS) is 19.0. The van der Waals surface area contributed by atoms with Crippen LogP contribution in [-0.4, -0.2) is 62.0 Å². The van der Waals surface area contributed by atoms with E-state index >= 15 is 0 Å². The number of carbonyl (C=O) groups excluding carboxylic acids is 3. The molecule has 0 spiro atoms. The fourth-order valence-corrected chi connectivity index (χ4v) is 6.25. The number of hydrogen-bond donors (Lipinski definition) is 3. The molecule has 1 aliphatic carbocycles. The number of piperidine rings is 2. The molecule has 1 atom stereocenters. The van der Waals surface area contributed by atoms with Gasteiger partial charge in [-0.05, 0) is 61.3 Å². The highest BCUT2D eigenvalue weighted by Crippen LogP contribution is 2.32. The van der Waals surface area contributed by atoms with Crippen LogP contribution in [0.1, 0.15) is 84.2 Å². The van der Waals surface area contributed by atoms with Gasteiger partial charge in [-0.2, -0.15) is 5.10 Å². The summed E-state index contributed by atoms with van der Waals surface area (Å²) in [5, 5.41) is 12.4. The lowest BCUT2D eigenvalue weighted by Crippen LogP contribution is -2.39. The van der Waals surface area contributed by atoms with E-state index in [4.69, 9.17) is 4.42 Å². The summed E-state index contributed by atoms with van der Waals surface area (Å²) < 4.78 is 35.1. The number of halogens is 2. The molecule has 7 rings (SSSR count). The van der Waals surface area contributed by atoms with Crippen LogP contribution in [0, 0.1) is 5.92 Å². The van der Waals surface area contributed by atoms with E-state index in [9.17, 15) is 23.2 Å². The van der Waals surface area contributed by atoms with Crippen LogP contribution in [0.2, 0.25) is 0 Å². The Morgan fingerprint density at radius 3 is 2.58 bits per heavy atom. The summed E-state index contributed by atoms with van der Waals surface area (Å²) in [5.41, 5.74) is 2.03. The van der Waals surface area contributed by atoms with Gasteiger partial charge in [-0.25, -0.2) is 18.7 Å². The maximum Gasteiger partial charge on any atom is 0.284 e. The first-order valence-corrected chi connectivity index (χ1v) is 16.3. The quantitative estimate of drug-likeness (QED) is 0.183. The SMILES string of the molecule is O=C1CCC(c2ccc(CN3CCC(n4cc(NC(=O)c5coc(-c6ccnc(NCC7CC7)c6)n5)c(C(F)F)n4)CC3)cc2)C(=O)N1. The highest BCUT2D eigenvalue weighted by atomic mass is 19.3. The molecule has 2 saturated heterocycles. The Labute approximate surface area is 275 Å². The summed E-state index contributed by atoms with van der Waals surface area (Å²) in [6, 6.07) is 11.3. The molecule has 0 radical (unpaired) electrons. The zero-order valence-electron chi connectivity index (χ0n) is 26.2.